The SMILES string of the molecule is CCN(CCC(C)C)C(=O)I. The number of halogens is 1. The summed E-state index contributed by atoms with van der Waals surface area (Å²) in [5, 5.41) is 0. The highest BCUT2D eigenvalue weighted by molar-refractivity contribution is 14.1. The Hall–Kier alpha value is 0.200. The molecule has 3 heteroatoms. The highest BCUT2D eigenvalue weighted by atomic mass is 127. The van der Waals surface area contributed by atoms with Crippen LogP contribution in [-0.4, -0.2) is 21.9 Å². The molecule has 0 bridgehead atoms. The minimum Gasteiger partial charge on any atom is -0.334 e. The number of carbonyl (C=O) groups is 1. The summed E-state index contributed by atoms with van der Waals surface area (Å²) < 4.78 is 0.158. The Labute approximate surface area is 82.5 Å². The summed E-state index contributed by atoms with van der Waals surface area (Å²) in [6.07, 6.45) is 1.10. The highest BCUT2D eigenvalue weighted by Crippen LogP contribution is 2.05. The van der Waals surface area contributed by atoms with E-state index >= 15 is 0 Å². The van der Waals surface area contributed by atoms with Gasteiger partial charge in [-0.3, -0.25) is 4.79 Å². The fourth-order valence-electron chi connectivity index (χ4n) is 0.784. The molecular weight excluding hydrogens is 253 g/mol. The number of hydrogen-bond donors (Lipinski definition) is 0. The van der Waals surface area contributed by atoms with Crippen molar-refractivity contribution in [3.05, 3.63) is 0 Å². The molecule has 0 aromatic carbocycles. The molecule has 2 nitrogen and oxygen atoms in total. The van der Waals surface area contributed by atoms with Gasteiger partial charge in [0, 0.05) is 35.7 Å². The number of amides is 1. The standard InChI is InChI=1S/C8H16INO/c1-4-10(8(9)11)6-5-7(2)3/h7H,4-6H2,1-3H3. The van der Waals surface area contributed by atoms with Crippen LogP contribution in [0.3, 0.4) is 0 Å². The number of rotatable bonds is 4. The summed E-state index contributed by atoms with van der Waals surface area (Å²) in [5.74, 6) is 0.680. The van der Waals surface area contributed by atoms with Crippen LogP contribution in [0.25, 0.3) is 0 Å². The van der Waals surface area contributed by atoms with Gasteiger partial charge in [-0.05, 0) is 19.3 Å². The normalized spacial score (nSPS) is 10.3. The molecule has 0 aliphatic carbocycles. The molecule has 0 atom stereocenters. The Morgan fingerprint density at radius 1 is 1.55 bits per heavy atom. The smallest absolute Gasteiger partial charge is 0.283 e. The second-order valence-electron chi connectivity index (χ2n) is 3.02. The van der Waals surface area contributed by atoms with E-state index in [4.69, 9.17) is 0 Å². The number of carbonyl (C=O) groups excluding carboxylic acids is 1. The maximum atomic E-state index is 10.9. The first-order chi connectivity index (χ1) is 5.07. The van der Waals surface area contributed by atoms with Gasteiger partial charge in [-0.15, -0.1) is 0 Å². The van der Waals surface area contributed by atoms with Gasteiger partial charge in [0.1, 0.15) is 0 Å². The molecule has 0 aliphatic heterocycles. The zero-order valence-electron chi connectivity index (χ0n) is 7.43. The molecule has 0 N–H and O–H groups in total. The Kier molecular flexibility index (Phi) is 5.91. The molecule has 0 aromatic heterocycles. The third-order valence-corrected chi connectivity index (χ3v) is 2.29. The van der Waals surface area contributed by atoms with Gasteiger partial charge in [0.25, 0.3) is 3.91 Å². The monoisotopic (exact) mass is 269 g/mol. The second kappa shape index (κ2) is 5.80. The van der Waals surface area contributed by atoms with Crippen molar-refractivity contribution in [2.75, 3.05) is 13.1 Å². The van der Waals surface area contributed by atoms with Crippen LogP contribution in [0.4, 0.5) is 4.79 Å². The van der Waals surface area contributed by atoms with Crippen molar-refractivity contribution in [1.29, 1.82) is 0 Å². The molecule has 0 unspecified atom stereocenters. The predicted octanol–water partition coefficient (Wildman–Crippen LogP) is 2.91. The average molecular weight is 269 g/mol. The van der Waals surface area contributed by atoms with Crippen molar-refractivity contribution >= 4 is 26.5 Å². The van der Waals surface area contributed by atoms with Crippen LogP contribution in [0.2, 0.25) is 0 Å². The molecule has 0 aliphatic rings. The number of hydrogen-bond acceptors (Lipinski definition) is 1. The van der Waals surface area contributed by atoms with E-state index < -0.39 is 0 Å². The minimum absolute atomic E-state index is 0.158. The zero-order chi connectivity index (χ0) is 8.85. The van der Waals surface area contributed by atoms with Gasteiger partial charge in [0.2, 0.25) is 0 Å². The Morgan fingerprint density at radius 3 is 2.36 bits per heavy atom. The Morgan fingerprint density at radius 2 is 2.09 bits per heavy atom. The van der Waals surface area contributed by atoms with Crippen molar-refractivity contribution in [3.63, 3.8) is 0 Å². The Bertz CT molecular complexity index is 125. The lowest BCUT2D eigenvalue weighted by Gasteiger charge is -2.18. The molecule has 0 rings (SSSR count). The van der Waals surface area contributed by atoms with Crippen molar-refractivity contribution in [2.24, 2.45) is 5.92 Å². The molecule has 66 valence electrons. The number of nitrogens with zero attached hydrogens (tertiary/aromatic N) is 1. The molecule has 0 heterocycles. The fraction of sp³-hybridized carbons (Fsp3) is 0.875. The van der Waals surface area contributed by atoms with E-state index in [-0.39, 0.29) is 3.91 Å². The molecule has 0 saturated carbocycles. The average Bonchev–Trinajstić information content (AvgIpc) is 1.87. The van der Waals surface area contributed by atoms with Gasteiger partial charge in [-0.1, -0.05) is 13.8 Å². The van der Waals surface area contributed by atoms with E-state index in [1.807, 2.05) is 34.4 Å². The highest BCUT2D eigenvalue weighted by Gasteiger charge is 2.06. The van der Waals surface area contributed by atoms with E-state index in [1.54, 1.807) is 0 Å². The van der Waals surface area contributed by atoms with Crippen LogP contribution >= 0.6 is 22.6 Å². The van der Waals surface area contributed by atoms with E-state index in [1.165, 1.54) is 0 Å². The molecule has 1 amide bonds. The van der Waals surface area contributed by atoms with Crippen LogP contribution < -0.4 is 0 Å². The molecule has 0 saturated heterocycles. The lowest BCUT2D eigenvalue weighted by atomic mass is 10.1. The summed E-state index contributed by atoms with van der Waals surface area (Å²) in [7, 11) is 0. The van der Waals surface area contributed by atoms with Gasteiger partial charge >= 0.3 is 0 Å². The van der Waals surface area contributed by atoms with E-state index in [2.05, 4.69) is 13.8 Å². The van der Waals surface area contributed by atoms with E-state index in [9.17, 15) is 4.79 Å². The van der Waals surface area contributed by atoms with Gasteiger partial charge in [0.15, 0.2) is 0 Å². The Balaban J connectivity index is 3.61. The van der Waals surface area contributed by atoms with Crippen molar-refractivity contribution in [1.82, 2.24) is 4.90 Å². The zero-order valence-corrected chi connectivity index (χ0v) is 9.59. The first kappa shape index (κ1) is 11.2. The first-order valence-electron chi connectivity index (χ1n) is 4.02. The van der Waals surface area contributed by atoms with Crippen LogP contribution in [-0.2, 0) is 0 Å². The maximum absolute atomic E-state index is 10.9. The topological polar surface area (TPSA) is 20.3 Å². The maximum Gasteiger partial charge on any atom is 0.283 e. The summed E-state index contributed by atoms with van der Waals surface area (Å²) in [4.78, 5) is 12.8. The van der Waals surface area contributed by atoms with Crippen LogP contribution in [0.5, 0.6) is 0 Å². The lowest BCUT2D eigenvalue weighted by Crippen LogP contribution is -2.27. The van der Waals surface area contributed by atoms with Crippen LogP contribution in [0.1, 0.15) is 27.2 Å². The van der Waals surface area contributed by atoms with Gasteiger partial charge in [-0.2, -0.15) is 0 Å². The second-order valence-corrected chi connectivity index (χ2v) is 3.94. The molecule has 0 fully saturated rings. The third-order valence-electron chi connectivity index (χ3n) is 1.61. The third kappa shape index (κ3) is 5.47. The van der Waals surface area contributed by atoms with Crippen LogP contribution in [0, 0.1) is 5.92 Å². The van der Waals surface area contributed by atoms with Crippen molar-refractivity contribution in [3.8, 4) is 0 Å². The van der Waals surface area contributed by atoms with Gasteiger partial charge in [-0.25, -0.2) is 0 Å². The van der Waals surface area contributed by atoms with Gasteiger partial charge < -0.3 is 4.90 Å². The summed E-state index contributed by atoms with van der Waals surface area (Å²) in [5.41, 5.74) is 0. The molecule has 0 aromatic rings. The van der Waals surface area contributed by atoms with Crippen LogP contribution in [0.15, 0.2) is 0 Å². The summed E-state index contributed by atoms with van der Waals surface area (Å²) in [6, 6.07) is 0. The minimum atomic E-state index is 0.158. The first-order valence-corrected chi connectivity index (χ1v) is 5.10. The largest absolute Gasteiger partial charge is 0.334 e. The molecule has 0 spiro atoms. The predicted molar refractivity (Wildman–Crippen MR) is 56.1 cm³/mol. The quantitative estimate of drug-likeness (QED) is 0.436. The lowest BCUT2D eigenvalue weighted by molar-refractivity contribution is 0.225. The van der Waals surface area contributed by atoms with E-state index in [0.717, 1.165) is 19.5 Å². The van der Waals surface area contributed by atoms with E-state index in [0.29, 0.717) is 5.92 Å². The molecule has 11 heavy (non-hydrogen) atoms. The molecule has 0 radical (unpaired) electrons. The van der Waals surface area contributed by atoms with Crippen molar-refractivity contribution in [2.45, 2.75) is 27.2 Å². The summed E-state index contributed by atoms with van der Waals surface area (Å²) >= 11 is 1.84. The molecular formula is C8H16INO. The van der Waals surface area contributed by atoms with Gasteiger partial charge in [0.05, 0.1) is 0 Å². The van der Waals surface area contributed by atoms with Crippen molar-refractivity contribution < 1.29 is 4.79 Å². The summed E-state index contributed by atoms with van der Waals surface area (Å²) in [6.45, 7) is 8.08. The fourth-order valence-corrected chi connectivity index (χ4v) is 1.37.